The lowest BCUT2D eigenvalue weighted by atomic mass is 9.79. The Morgan fingerprint density at radius 3 is 1.20 bits per heavy atom. The first kappa shape index (κ1) is 42.6. The van der Waals surface area contributed by atoms with Crippen LogP contribution in [-0.4, -0.2) is 101 Å². The predicted octanol–water partition coefficient (Wildman–Crippen LogP) is -0.278. The molecule has 4 unspecified atom stereocenters. The third-order valence-electron chi connectivity index (χ3n) is 7.50. The van der Waals surface area contributed by atoms with Crippen molar-refractivity contribution in [2.24, 2.45) is 46.0 Å². The van der Waals surface area contributed by atoms with Crippen molar-refractivity contribution in [2.75, 3.05) is 37.8 Å². The van der Waals surface area contributed by atoms with Crippen molar-refractivity contribution in [1.29, 1.82) is 0 Å². The molecular weight excluding hydrogens is 636 g/mol. The zero-order chi connectivity index (χ0) is 35.6. The van der Waals surface area contributed by atoms with E-state index in [2.05, 4.69) is 10.6 Å². The number of carboxylic acids is 2. The fourth-order valence-corrected chi connectivity index (χ4v) is 6.24. The molecule has 0 bridgehead atoms. The van der Waals surface area contributed by atoms with Crippen molar-refractivity contribution in [1.82, 2.24) is 10.6 Å². The van der Waals surface area contributed by atoms with Gasteiger partial charge < -0.3 is 32.3 Å². The highest BCUT2D eigenvalue weighted by atomic mass is 32.2. The molecule has 0 fully saturated rings. The quantitative estimate of drug-likeness (QED) is 0.0799. The van der Waals surface area contributed by atoms with Gasteiger partial charge in [-0.1, -0.05) is 55.4 Å². The van der Waals surface area contributed by atoms with Crippen LogP contribution in [0, 0.1) is 34.5 Å². The van der Waals surface area contributed by atoms with E-state index in [0.717, 1.165) is 0 Å². The maximum Gasteiger partial charge on any atom is 0.308 e. The van der Waals surface area contributed by atoms with Crippen molar-refractivity contribution in [3.63, 3.8) is 0 Å². The summed E-state index contributed by atoms with van der Waals surface area (Å²) in [4.78, 5) is 48.1. The minimum Gasteiger partial charge on any atom is -0.481 e. The van der Waals surface area contributed by atoms with E-state index in [1.807, 2.05) is 0 Å². The van der Waals surface area contributed by atoms with Crippen molar-refractivity contribution in [3.05, 3.63) is 0 Å². The van der Waals surface area contributed by atoms with Crippen molar-refractivity contribution in [3.8, 4) is 0 Å². The molecule has 18 heteroatoms. The molecule has 0 aliphatic heterocycles. The van der Waals surface area contributed by atoms with Crippen LogP contribution in [0.15, 0.2) is 0 Å². The third-order valence-corrected chi connectivity index (χ3v) is 10.0. The Kier molecular flexibility index (Phi) is 16.6. The number of carbonyl (C=O) groups is 4. The smallest absolute Gasteiger partial charge is 0.308 e. The zero-order valence-electron chi connectivity index (χ0n) is 27.4. The molecule has 0 aromatic carbocycles. The Bertz CT molecular complexity index is 1140. The molecule has 8 N–H and O–H groups in total. The van der Waals surface area contributed by atoms with E-state index >= 15 is 0 Å². The largest absolute Gasteiger partial charge is 0.481 e. The van der Waals surface area contributed by atoms with E-state index in [1.165, 1.54) is 27.7 Å². The van der Waals surface area contributed by atoms with Crippen LogP contribution in [0.2, 0.25) is 0 Å². The van der Waals surface area contributed by atoms with Gasteiger partial charge in [-0.05, 0) is 18.3 Å². The lowest BCUT2D eigenvalue weighted by Gasteiger charge is -2.31. The van der Waals surface area contributed by atoms with Crippen molar-refractivity contribution in [2.45, 2.75) is 73.9 Å². The molecule has 0 aliphatic rings. The maximum atomic E-state index is 12.5. The van der Waals surface area contributed by atoms with Crippen molar-refractivity contribution < 1.29 is 54.6 Å². The summed E-state index contributed by atoms with van der Waals surface area (Å²) in [6, 6.07) is -1.71. The second kappa shape index (κ2) is 17.5. The van der Waals surface area contributed by atoms with E-state index in [-0.39, 0.29) is 24.9 Å². The average Bonchev–Trinajstić information content (AvgIpc) is 2.89. The summed E-state index contributed by atoms with van der Waals surface area (Å²) < 4.78 is 60.0. The van der Waals surface area contributed by atoms with E-state index in [0.29, 0.717) is 0 Å². The zero-order valence-corrected chi connectivity index (χ0v) is 29.0. The topological polar surface area (TPSA) is 272 Å². The Labute approximate surface area is 266 Å². The summed E-state index contributed by atoms with van der Waals surface area (Å²) in [5.41, 5.74) is 9.01. The van der Waals surface area contributed by atoms with Gasteiger partial charge in [0, 0.05) is 23.9 Å². The molecule has 4 atom stereocenters. The number of carboxylic acid groups (broad SMARTS) is 2. The summed E-state index contributed by atoms with van der Waals surface area (Å²) in [7, 11) is -8.60. The van der Waals surface area contributed by atoms with Crippen molar-refractivity contribution >= 4 is 44.0 Å². The number of nitrogens with two attached hydrogens (primary N) is 2. The third kappa shape index (κ3) is 15.2. The predicted molar refractivity (Wildman–Crippen MR) is 166 cm³/mol. The minimum atomic E-state index is -4.30. The first-order valence-electron chi connectivity index (χ1n) is 14.5. The Balaban J connectivity index is 5.11. The number of amides is 2. The van der Waals surface area contributed by atoms with Gasteiger partial charge in [0.15, 0.2) is 0 Å². The number of hydrogen-bond acceptors (Lipinski definition) is 12. The Morgan fingerprint density at radius 1 is 0.667 bits per heavy atom. The Morgan fingerprint density at radius 2 is 0.956 bits per heavy atom. The van der Waals surface area contributed by atoms with Crippen LogP contribution < -0.4 is 22.1 Å². The first-order valence-corrected chi connectivity index (χ1v) is 17.7. The van der Waals surface area contributed by atoms with Gasteiger partial charge in [-0.25, -0.2) is 0 Å². The molecule has 0 saturated heterocycles. The molecule has 0 rings (SSSR count). The van der Waals surface area contributed by atoms with E-state index < -0.39 is 110 Å². The van der Waals surface area contributed by atoms with Crippen LogP contribution in [0.25, 0.3) is 0 Å². The van der Waals surface area contributed by atoms with Gasteiger partial charge in [0.2, 0.25) is 11.8 Å². The highest BCUT2D eigenvalue weighted by molar-refractivity contribution is 7.87. The highest BCUT2D eigenvalue weighted by Crippen LogP contribution is 2.29. The molecule has 2 amide bonds. The summed E-state index contributed by atoms with van der Waals surface area (Å²) in [6.45, 7) is 10.9. The molecule has 45 heavy (non-hydrogen) atoms. The van der Waals surface area contributed by atoms with Gasteiger partial charge in [0.25, 0.3) is 20.2 Å². The summed E-state index contributed by atoms with van der Waals surface area (Å²) in [5.74, 6) is -8.00. The van der Waals surface area contributed by atoms with Crippen LogP contribution in [0.3, 0.4) is 0 Å². The number of nitrogens with one attached hydrogen (secondary N) is 2. The van der Waals surface area contributed by atoms with E-state index in [1.54, 1.807) is 27.7 Å². The molecule has 16 nitrogen and oxygen atoms in total. The maximum absolute atomic E-state index is 12.5. The van der Waals surface area contributed by atoms with Crippen LogP contribution in [0.1, 0.15) is 61.8 Å². The van der Waals surface area contributed by atoms with Crippen LogP contribution in [-0.2, 0) is 47.8 Å². The van der Waals surface area contributed by atoms with Gasteiger partial charge in [-0.3, -0.25) is 27.5 Å². The van der Waals surface area contributed by atoms with Gasteiger partial charge in [-0.15, -0.1) is 0 Å². The fraction of sp³-hybridized carbons (Fsp3) is 0.852. The molecule has 0 saturated carbocycles. The van der Waals surface area contributed by atoms with Crippen LogP contribution in [0.5, 0.6) is 0 Å². The summed E-state index contributed by atoms with van der Waals surface area (Å²) in [6.07, 6.45) is -0.428. The molecule has 0 aliphatic carbocycles. The van der Waals surface area contributed by atoms with Gasteiger partial charge in [-0.2, -0.15) is 16.8 Å². The number of rotatable bonds is 22. The highest BCUT2D eigenvalue weighted by Gasteiger charge is 2.39. The van der Waals surface area contributed by atoms with Gasteiger partial charge >= 0.3 is 11.9 Å². The molecule has 264 valence electrons. The fourth-order valence-electron chi connectivity index (χ4n) is 3.86. The summed E-state index contributed by atoms with van der Waals surface area (Å²) in [5, 5.41) is 24.3. The first-order chi connectivity index (χ1) is 20.3. The van der Waals surface area contributed by atoms with Gasteiger partial charge in [0.1, 0.15) is 0 Å². The number of hydrogen-bond donors (Lipinski definition) is 6. The van der Waals surface area contributed by atoms with Crippen LogP contribution in [0.4, 0.5) is 0 Å². The summed E-state index contributed by atoms with van der Waals surface area (Å²) >= 11 is 0. The SMILES string of the molecule is CC(C)C(N)C(=O)NCC(C(=O)O)C(C)(C)COS(=O)(=O)CCCS(=O)(=O)OCC(C)(C)C(CNC(=O)C(N)C(C)C)C(=O)O. The lowest BCUT2D eigenvalue weighted by molar-refractivity contribution is -0.148. The molecule has 0 heterocycles. The molecule has 0 aromatic rings. The molecule has 0 radical (unpaired) electrons. The van der Waals surface area contributed by atoms with Gasteiger partial charge in [0.05, 0.1) is 48.6 Å². The average molecular weight is 689 g/mol. The number of carbonyl (C=O) groups excluding carboxylic acids is 2. The molecule has 0 spiro atoms. The Hall–Kier alpha value is -2.38. The monoisotopic (exact) mass is 688 g/mol. The second-order valence-electron chi connectivity index (χ2n) is 13.2. The molecular formula is C27H52N4O12S2. The van der Waals surface area contributed by atoms with E-state index in [4.69, 9.17) is 19.8 Å². The lowest BCUT2D eigenvalue weighted by Crippen LogP contribution is -2.49. The molecule has 0 aromatic heterocycles. The second-order valence-corrected chi connectivity index (χ2v) is 16.7. The standard InChI is InChI=1S/C27H52N4O12S2/c1-16(2)20(28)22(32)30-12-18(24(34)35)26(5,6)14-42-44(38,39)10-9-11-45(40,41)43-15-27(7,8)19(25(36)37)13-31-23(33)21(29)17(3)4/h16-21H,9-15,28-29H2,1-8H3,(H,30,32)(H,31,33)(H,34,35)(H,36,37). The minimum absolute atomic E-state index is 0.189. The van der Waals surface area contributed by atoms with Crippen LogP contribution >= 0.6 is 0 Å². The normalized spacial score (nSPS) is 15.7. The number of aliphatic carboxylic acids is 2. The van der Waals surface area contributed by atoms with E-state index in [9.17, 15) is 46.2 Å².